The number of hydrogen-bond acceptors (Lipinski definition) is 5. The first kappa shape index (κ1) is 10.8. The topological polar surface area (TPSA) is 47.0 Å². The minimum absolute atomic E-state index is 0.370. The summed E-state index contributed by atoms with van der Waals surface area (Å²) in [6, 6.07) is 0. The number of nitrogens with one attached hydrogen (secondary N) is 1. The third-order valence-corrected chi connectivity index (χ3v) is 3.41. The van der Waals surface area contributed by atoms with Gasteiger partial charge in [0.25, 0.3) is 5.19 Å². The Morgan fingerprint density at radius 3 is 2.87 bits per heavy atom. The van der Waals surface area contributed by atoms with Crippen molar-refractivity contribution in [2.24, 2.45) is 0 Å². The fourth-order valence-electron chi connectivity index (χ4n) is 1.83. The van der Waals surface area contributed by atoms with Gasteiger partial charge in [0.05, 0.1) is 0 Å². The summed E-state index contributed by atoms with van der Waals surface area (Å²) in [5.74, 6) is 0. The fourth-order valence-corrected chi connectivity index (χ4v) is 2.60. The highest BCUT2D eigenvalue weighted by atomic mass is 32.1. The van der Waals surface area contributed by atoms with Crippen molar-refractivity contribution >= 4 is 11.3 Å². The standard InChI is InChI=1S/C10H17N3OS/c1-11-7-9-12-13-10(15-9)14-8-5-3-2-4-6-8/h8,11H,2-7H2,1H3. The lowest BCUT2D eigenvalue weighted by molar-refractivity contribution is 0.153. The van der Waals surface area contributed by atoms with E-state index in [2.05, 4.69) is 15.5 Å². The quantitative estimate of drug-likeness (QED) is 0.854. The van der Waals surface area contributed by atoms with Crippen molar-refractivity contribution in [1.29, 1.82) is 0 Å². The van der Waals surface area contributed by atoms with Gasteiger partial charge in [0.1, 0.15) is 11.1 Å². The zero-order valence-corrected chi connectivity index (χ0v) is 9.85. The summed E-state index contributed by atoms with van der Waals surface area (Å²) in [5.41, 5.74) is 0. The van der Waals surface area contributed by atoms with E-state index in [9.17, 15) is 0 Å². The van der Waals surface area contributed by atoms with Crippen molar-refractivity contribution in [2.45, 2.75) is 44.8 Å². The molecule has 0 saturated heterocycles. The second-order valence-corrected chi connectivity index (χ2v) is 4.89. The molecule has 5 heteroatoms. The molecule has 1 aromatic heterocycles. The average molecular weight is 227 g/mol. The van der Waals surface area contributed by atoms with Crippen LogP contribution in [-0.4, -0.2) is 23.3 Å². The van der Waals surface area contributed by atoms with Crippen LogP contribution in [0.1, 0.15) is 37.1 Å². The highest BCUT2D eigenvalue weighted by Crippen LogP contribution is 2.25. The maximum absolute atomic E-state index is 5.80. The van der Waals surface area contributed by atoms with E-state index in [0.29, 0.717) is 6.10 Å². The number of nitrogens with zero attached hydrogens (tertiary/aromatic N) is 2. The van der Waals surface area contributed by atoms with Crippen molar-refractivity contribution in [3.8, 4) is 5.19 Å². The lowest BCUT2D eigenvalue weighted by Crippen LogP contribution is -2.19. The Balaban J connectivity index is 1.86. The average Bonchev–Trinajstić information content (AvgIpc) is 2.68. The van der Waals surface area contributed by atoms with E-state index in [-0.39, 0.29) is 0 Å². The monoisotopic (exact) mass is 227 g/mol. The van der Waals surface area contributed by atoms with Crippen LogP contribution in [0.5, 0.6) is 5.19 Å². The summed E-state index contributed by atoms with van der Waals surface area (Å²) in [6.07, 6.45) is 6.62. The minimum atomic E-state index is 0.370. The summed E-state index contributed by atoms with van der Waals surface area (Å²) < 4.78 is 5.80. The van der Waals surface area contributed by atoms with Crippen molar-refractivity contribution in [3.05, 3.63) is 5.01 Å². The molecule has 1 heterocycles. The largest absolute Gasteiger partial charge is 0.466 e. The Bertz CT molecular complexity index is 297. The lowest BCUT2D eigenvalue weighted by Gasteiger charge is -2.20. The highest BCUT2D eigenvalue weighted by molar-refractivity contribution is 7.13. The molecule has 0 aliphatic heterocycles. The molecule has 0 spiro atoms. The Morgan fingerprint density at radius 1 is 1.33 bits per heavy atom. The Hall–Kier alpha value is -0.680. The predicted molar refractivity (Wildman–Crippen MR) is 60.2 cm³/mol. The highest BCUT2D eigenvalue weighted by Gasteiger charge is 2.16. The molecule has 15 heavy (non-hydrogen) atoms. The van der Waals surface area contributed by atoms with E-state index in [0.717, 1.165) is 16.7 Å². The van der Waals surface area contributed by atoms with Gasteiger partial charge in [-0.2, -0.15) is 0 Å². The molecule has 0 bridgehead atoms. The maximum atomic E-state index is 5.80. The Labute approximate surface area is 94.1 Å². The van der Waals surface area contributed by atoms with Crippen LogP contribution in [0.2, 0.25) is 0 Å². The van der Waals surface area contributed by atoms with Crippen LogP contribution in [0.4, 0.5) is 0 Å². The molecular weight excluding hydrogens is 210 g/mol. The van der Waals surface area contributed by atoms with Crippen LogP contribution < -0.4 is 10.1 Å². The molecule has 2 rings (SSSR count). The lowest BCUT2D eigenvalue weighted by atomic mass is 9.98. The molecule has 1 fully saturated rings. The molecule has 1 N–H and O–H groups in total. The number of rotatable bonds is 4. The molecule has 1 aliphatic carbocycles. The first-order valence-corrected chi connectivity index (χ1v) is 6.34. The molecule has 0 unspecified atom stereocenters. The van der Waals surface area contributed by atoms with Gasteiger partial charge in [0, 0.05) is 6.54 Å². The van der Waals surface area contributed by atoms with Crippen molar-refractivity contribution < 1.29 is 4.74 Å². The van der Waals surface area contributed by atoms with Crippen LogP contribution in [0.15, 0.2) is 0 Å². The summed E-state index contributed by atoms with van der Waals surface area (Å²) >= 11 is 1.54. The Morgan fingerprint density at radius 2 is 2.13 bits per heavy atom. The molecule has 0 aromatic carbocycles. The van der Waals surface area contributed by atoms with Gasteiger partial charge < -0.3 is 10.1 Å². The smallest absolute Gasteiger partial charge is 0.294 e. The molecule has 0 radical (unpaired) electrons. The van der Waals surface area contributed by atoms with Gasteiger partial charge in [-0.15, -0.1) is 5.10 Å². The third kappa shape index (κ3) is 3.14. The first-order valence-electron chi connectivity index (χ1n) is 5.52. The summed E-state index contributed by atoms with van der Waals surface area (Å²) in [5, 5.41) is 12.9. The number of aromatic nitrogens is 2. The van der Waals surface area contributed by atoms with Gasteiger partial charge in [-0.25, -0.2) is 0 Å². The Kier molecular flexibility index (Phi) is 3.91. The molecule has 0 amide bonds. The predicted octanol–water partition coefficient (Wildman–Crippen LogP) is 1.97. The van der Waals surface area contributed by atoms with Crippen LogP contribution >= 0.6 is 11.3 Å². The second kappa shape index (κ2) is 5.42. The molecule has 0 atom stereocenters. The van der Waals surface area contributed by atoms with Crippen LogP contribution in [0.25, 0.3) is 0 Å². The summed E-state index contributed by atoms with van der Waals surface area (Å²) in [7, 11) is 1.91. The second-order valence-electron chi connectivity index (χ2n) is 3.87. The van der Waals surface area contributed by atoms with Gasteiger partial charge in [-0.05, 0) is 32.7 Å². The normalized spacial score (nSPS) is 17.9. The van der Waals surface area contributed by atoms with E-state index in [4.69, 9.17) is 4.74 Å². The zero-order valence-electron chi connectivity index (χ0n) is 9.03. The molecule has 1 saturated carbocycles. The SMILES string of the molecule is CNCc1nnc(OC2CCCCC2)s1. The van der Waals surface area contributed by atoms with Gasteiger partial charge in [-0.3, -0.25) is 0 Å². The number of ether oxygens (including phenoxy) is 1. The molecule has 4 nitrogen and oxygen atoms in total. The molecule has 1 aromatic rings. The zero-order chi connectivity index (χ0) is 10.5. The number of hydrogen-bond donors (Lipinski definition) is 1. The molecule has 1 aliphatic rings. The fraction of sp³-hybridized carbons (Fsp3) is 0.800. The van der Waals surface area contributed by atoms with Gasteiger partial charge in [0.15, 0.2) is 0 Å². The van der Waals surface area contributed by atoms with E-state index in [1.165, 1.54) is 32.1 Å². The van der Waals surface area contributed by atoms with Gasteiger partial charge >= 0.3 is 0 Å². The first-order chi connectivity index (χ1) is 7.38. The van der Waals surface area contributed by atoms with Crippen molar-refractivity contribution in [3.63, 3.8) is 0 Å². The van der Waals surface area contributed by atoms with Crippen molar-refractivity contribution in [1.82, 2.24) is 15.5 Å². The summed E-state index contributed by atoms with van der Waals surface area (Å²) in [4.78, 5) is 0. The molecule has 84 valence electrons. The van der Waals surface area contributed by atoms with Gasteiger partial charge in [-0.1, -0.05) is 22.9 Å². The van der Waals surface area contributed by atoms with Crippen LogP contribution in [0, 0.1) is 0 Å². The maximum Gasteiger partial charge on any atom is 0.294 e. The molecular formula is C10H17N3OS. The minimum Gasteiger partial charge on any atom is -0.466 e. The van der Waals surface area contributed by atoms with E-state index < -0.39 is 0 Å². The van der Waals surface area contributed by atoms with Crippen molar-refractivity contribution in [2.75, 3.05) is 7.05 Å². The van der Waals surface area contributed by atoms with E-state index in [1.807, 2.05) is 7.05 Å². The van der Waals surface area contributed by atoms with Crippen LogP contribution in [-0.2, 0) is 6.54 Å². The van der Waals surface area contributed by atoms with Crippen LogP contribution in [0.3, 0.4) is 0 Å². The van der Waals surface area contributed by atoms with E-state index in [1.54, 1.807) is 11.3 Å². The third-order valence-electron chi connectivity index (χ3n) is 2.60. The van der Waals surface area contributed by atoms with Gasteiger partial charge in [0.2, 0.25) is 0 Å². The van der Waals surface area contributed by atoms with E-state index >= 15 is 0 Å². The summed E-state index contributed by atoms with van der Waals surface area (Å²) in [6.45, 7) is 0.770.